The van der Waals surface area contributed by atoms with Gasteiger partial charge in [-0.25, -0.2) is 0 Å². The van der Waals surface area contributed by atoms with Gasteiger partial charge in [-0.1, -0.05) is 66.5 Å². The molecule has 2 saturated carbocycles. The van der Waals surface area contributed by atoms with Gasteiger partial charge in [0, 0.05) is 43.6 Å². The molecule has 9 rings (SSSR count). The van der Waals surface area contributed by atoms with Gasteiger partial charge in [-0.05, 0) is 116 Å². The first-order valence-electron chi connectivity index (χ1n) is 23.6. The van der Waals surface area contributed by atoms with E-state index in [2.05, 4.69) is 12.7 Å². The third-order valence-corrected chi connectivity index (χ3v) is 13.8. The molecule has 13 heteroatoms. The first-order chi connectivity index (χ1) is 32.9. The quantitative estimate of drug-likeness (QED) is 0.0336. The SMILES string of the molecule is C=CCO[C@@]12Oc3ccc(Oc4ccc(OC)c(C=O)c4)cc3[C@H]3[C@H](CCCCO)[C@@H](CCCCO)C=C(C(=NOCc4ccccc4)C[C@@H]1N(Cc1ccc4c(c1)OCO4)C(=O)C1CC1)[C@H]32. The summed E-state index contributed by atoms with van der Waals surface area (Å²) in [6.45, 7) is 5.01. The minimum absolute atomic E-state index is 0.0120. The zero-order valence-electron chi connectivity index (χ0n) is 38.1. The number of allylic oxidation sites excluding steroid dienone is 1. The number of nitrogens with zero attached hydrogens (tertiary/aromatic N) is 2. The first kappa shape index (κ1) is 46.0. The van der Waals surface area contributed by atoms with Crippen LogP contribution in [0.2, 0.25) is 0 Å². The molecule has 2 heterocycles. The van der Waals surface area contributed by atoms with Crippen LogP contribution in [0.15, 0.2) is 114 Å². The molecule has 4 aromatic rings. The number of carbonyl (C=O) groups excluding carboxylic acids is 2. The molecule has 6 atom stereocenters. The highest BCUT2D eigenvalue weighted by Crippen LogP contribution is 2.62. The number of unbranched alkanes of at least 4 members (excludes halogenated alkanes) is 2. The predicted octanol–water partition coefficient (Wildman–Crippen LogP) is 9.30. The van der Waals surface area contributed by atoms with E-state index in [-0.39, 0.29) is 75.8 Å². The van der Waals surface area contributed by atoms with Gasteiger partial charge in [-0.3, -0.25) is 9.59 Å². The Kier molecular flexibility index (Phi) is 14.3. The highest BCUT2D eigenvalue weighted by molar-refractivity contribution is 6.03. The van der Waals surface area contributed by atoms with Gasteiger partial charge >= 0.3 is 0 Å². The van der Waals surface area contributed by atoms with Crippen molar-refractivity contribution in [1.82, 2.24) is 4.90 Å². The zero-order chi connectivity index (χ0) is 46.3. The first-order valence-corrected chi connectivity index (χ1v) is 23.6. The lowest BCUT2D eigenvalue weighted by atomic mass is 9.55. The lowest BCUT2D eigenvalue weighted by molar-refractivity contribution is -0.258. The average Bonchev–Trinajstić information content (AvgIpc) is 4.10. The monoisotopic (exact) mass is 912 g/mol. The van der Waals surface area contributed by atoms with Gasteiger partial charge < -0.3 is 48.4 Å². The van der Waals surface area contributed by atoms with Crippen LogP contribution in [0.1, 0.15) is 90.8 Å². The topological polar surface area (TPSA) is 155 Å². The predicted molar refractivity (Wildman–Crippen MR) is 250 cm³/mol. The summed E-state index contributed by atoms with van der Waals surface area (Å²) in [6.07, 6.45) is 11.1. The molecule has 2 N–H and O–H groups in total. The van der Waals surface area contributed by atoms with Crippen molar-refractivity contribution in [2.75, 3.05) is 33.7 Å². The molecule has 2 fully saturated rings. The Morgan fingerprint density at radius 3 is 2.42 bits per heavy atom. The molecule has 0 unspecified atom stereocenters. The van der Waals surface area contributed by atoms with Gasteiger partial charge in [-0.2, -0.15) is 0 Å². The molecule has 2 aliphatic heterocycles. The molecule has 352 valence electrons. The smallest absolute Gasteiger partial charge is 0.239 e. The van der Waals surface area contributed by atoms with E-state index in [0.717, 1.165) is 67.1 Å². The van der Waals surface area contributed by atoms with Gasteiger partial charge in [0.2, 0.25) is 18.5 Å². The highest BCUT2D eigenvalue weighted by Gasteiger charge is 2.66. The lowest BCUT2D eigenvalue weighted by Gasteiger charge is -2.60. The fourth-order valence-electron chi connectivity index (χ4n) is 10.6. The van der Waals surface area contributed by atoms with Crippen LogP contribution in [0, 0.1) is 23.7 Å². The van der Waals surface area contributed by atoms with Crippen LogP contribution in [0.5, 0.6) is 34.5 Å². The summed E-state index contributed by atoms with van der Waals surface area (Å²) in [6, 6.07) is 25.9. The number of aliphatic hydroxyl groups excluding tert-OH is 2. The molecule has 67 heavy (non-hydrogen) atoms. The van der Waals surface area contributed by atoms with Crippen molar-refractivity contribution in [3.63, 3.8) is 0 Å². The maximum Gasteiger partial charge on any atom is 0.239 e. The number of aliphatic hydroxyl groups is 2. The Labute approximate surface area is 391 Å². The van der Waals surface area contributed by atoms with E-state index >= 15 is 4.79 Å². The Balaban J connectivity index is 1.23. The number of benzene rings is 4. The Hall–Kier alpha value is -6.15. The average molecular weight is 913 g/mol. The number of rotatable bonds is 22. The van der Waals surface area contributed by atoms with Crippen LogP contribution < -0.4 is 23.7 Å². The summed E-state index contributed by atoms with van der Waals surface area (Å²) in [4.78, 5) is 35.3. The van der Waals surface area contributed by atoms with Gasteiger partial charge in [0.05, 0.1) is 30.9 Å². The van der Waals surface area contributed by atoms with Crippen molar-refractivity contribution in [3.8, 4) is 34.5 Å². The van der Waals surface area contributed by atoms with E-state index in [1.54, 1.807) is 24.3 Å². The number of carbonyl (C=O) groups is 2. The second kappa shape index (κ2) is 20.8. The summed E-state index contributed by atoms with van der Waals surface area (Å²) in [5.74, 6) is 1.08. The van der Waals surface area contributed by atoms with Gasteiger partial charge in [0.25, 0.3) is 0 Å². The number of aldehydes is 1. The van der Waals surface area contributed by atoms with Gasteiger partial charge in [-0.15, -0.1) is 6.58 Å². The van der Waals surface area contributed by atoms with Crippen LogP contribution in [0.4, 0.5) is 0 Å². The third kappa shape index (κ3) is 9.68. The highest BCUT2D eigenvalue weighted by atomic mass is 16.7. The van der Waals surface area contributed by atoms with Crippen molar-refractivity contribution < 1.29 is 53.1 Å². The van der Waals surface area contributed by atoms with E-state index in [1.807, 2.05) is 71.6 Å². The van der Waals surface area contributed by atoms with Crippen molar-refractivity contribution in [1.29, 1.82) is 0 Å². The molecule has 0 aromatic heterocycles. The summed E-state index contributed by atoms with van der Waals surface area (Å²) in [7, 11) is 1.52. The van der Waals surface area contributed by atoms with E-state index in [9.17, 15) is 15.0 Å². The van der Waals surface area contributed by atoms with Crippen LogP contribution in [0.25, 0.3) is 0 Å². The van der Waals surface area contributed by atoms with Gasteiger partial charge in [0.15, 0.2) is 17.8 Å². The second-order valence-corrected chi connectivity index (χ2v) is 18.1. The maximum atomic E-state index is 15.0. The number of hydrogen-bond acceptors (Lipinski definition) is 12. The largest absolute Gasteiger partial charge is 0.496 e. The Morgan fingerprint density at radius 2 is 1.66 bits per heavy atom. The Bertz CT molecular complexity index is 2470. The fourth-order valence-corrected chi connectivity index (χ4v) is 10.6. The molecule has 5 aliphatic rings. The lowest BCUT2D eigenvalue weighted by Crippen LogP contribution is -2.70. The molecule has 1 amide bonds. The number of amides is 1. The van der Waals surface area contributed by atoms with Crippen molar-refractivity contribution in [3.05, 3.63) is 131 Å². The van der Waals surface area contributed by atoms with Crippen molar-refractivity contribution in [2.24, 2.45) is 28.8 Å². The number of oxime groups is 1. The summed E-state index contributed by atoms with van der Waals surface area (Å²) in [5, 5.41) is 25.1. The van der Waals surface area contributed by atoms with Crippen LogP contribution in [0.3, 0.4) is 0 Å². The minimum atomic E-state index is -1.43. The summed E-state index contributed by atoms with van der Waals surface area (Å²) < 4.78 is 38.1. The summed E-state index contributed by atoms with van der Waals surface area (Å²) in [5.41, 5.74) is 4.78. The maximum absolute atomic E-state index is 15.0. The van der Waals surface area contributed by atoms with E-state index < -0.39 is 17.7 Å². The molecule has 0 saturated heterocycles. The van der Waals surface area contributed by atoms with Crippen LogP contribution in [-0.4, -0.2) is 78.6 Å². The molecule has 0 radical (unpaired) electrons. The molecule has 4 aromatic carbocycles. The third-order valence-electron chi connectivity index (χ3n) is 13.8. The van der Waals surface area contributed by atoms with Gasteiger partial charge in [0.1, 0.15) is 35.6 Å². The van der Waals surface area contributed by atoms with E-state index in [0.29, 0.717) is 58.6 Å². The number of methoxy groups -OCH3 is 1. The number of ether oxygens (including phenoxy) is 6. The second-order valence-electron chi connectivity index (χ2n) is 18.1. The van der Waals surface area contributed by atoms with E-state index in [1.165, 1.54) is 7.11 Å². The zero-order valence-corrected chi connectivity index (χ0v) is 38.1. The van der Waals surface area contributed by atoms with Crippen molar-refractivity contribution in [2.45, 2.75) is 88.7 Å². The molecule has 0 bridgehead atoms. The number of fused-ring (bicyclic) bond motifs is 3. The van der Waals surface area contributed by atoms with Crippen molar-refractivity contribution >= 4 is 17.9 Å². The number of hydrogen-bond donors (Lipinski definition) is 2. The van der Waals surface area contributed by atoms with Crippen LogP contribution >= 0.6 is 0 Å². The molecular formula is C54H60N2O11. The standard InChI is InChI=1S/C54H60N2O11/c1-3-25-64-54-50(56(53(60)37-16-17-37)31-36-15-20-48-49(26-36)63-34-62-48)30-45(55-65-33-35-11-5-4-6-12-35)43-28-38(13-7-9-23-57)42(14-8-10-24-58)51(52(43)54)44-29-41(19-22-47(44)67-54)66-40-18-21-46(61-2)39(27-40)32-59/h3-6,11-12,15,18-22,26-29,32,37-38,42,50-52,57-58H,1,7-10,13-14,16-17,23-25,30-31,33-34H2,2H3/t38-,42+,50-,51+,52+,54+/m0/s1. The molecule has 0 spiro atoms. The molecular weight excluding hydrogens is 853 g/mol. The van der Waals surface area contributed by atoms with E-state index in [4.69, 9.17) is 38.4 Å². The molecule has 13 nitrogen and oxygen atoms in total. The normalized spacial score (nSPS) is 23.8. The fraction of sp³-hybridized carbons (Fsp3) is 0.426. The Morgan fingerprint density at radius 1 is 0.896 bits per heavy atom. The molecule has 3 aliphatic carbocycles. The van der Waals surface area contributed by atoms with Crippen LogP contribution in [-0.2, 0) is 27.5 Å². The minimum Gasteiger partial charge on any atom is -0.496 e. The summed E-state index contributed by atoms with van der Waals surface area (Å²) >= 11 is 0.